The summed E-state index contributed by atoms with van der Waals surface area (Å²) in [6.07, 6.45) is 7.05. The second-order valence-corrected chi connectivity index (χ2v) is 4.88. The van der Waals surface area contributed by atoms with E-state index in [1.165, 1.54) is 38.6 Å². The first-order valence-corrected chi connectivity index (χ1v) is 5.95. The van der Waals surface area contributed by atoms with E-state index in [2.05, 4.69) is 26.1 Å². The van der Waals surface area contributed by atoms with Crippen LogP contribution in [0.25, 0.3) is 0 Å². The molecular weight excluding hydrogens is 158 g/mol. The molecule has 0 radical (unpaired) electrons. The Bertz CT molecular complexity index is 129. The smallest absolute Gasteiger partial charge is 0.00414 e. The lowest BCUT2D eigenvalue weighted by Crippen LogP contribution is -2.30. The normalized spacial score (nSPS) is 21.5. The number of rotatable bonds is 7. The Hall–Kier alpha value is -0.0400. The van der Waals surface area contributed by atoms with Gasteiger partial charge in [0.1, 0.15) is 0 Å². The maximum absolute atomic E-state index is 3.64. The third kappa shape index (κ3) is 5.30. The third-order valence-corrected chi connectivity index (χ3v) is 2.98. The Labute approximate surface area is 83.3 Å². The highest BCUT2D eigenvalue weighted by atomic mass is 14.9. The molecule has 1 heteroatoms. The maximum Gasteiger partial charge on any atom is 0.00414 e. The summed E-state index contributed by atoms with van der Waals surface area (Å²) in [7, 11) is 0. The Morgan fingerprint density at radius 1 is 1.31 bits per heavy atom. The van der Waals surface area contributed by atoms with Gasteiger partial charge >= 0.3 is 0 Å². The Balaban J connectivity index is 1.96. The van der Waals surface area contributed by atoms with Crippen molar-refractivity contribution in [2.45, 2.75) is 58.9 Å². The molecule has 78 valence electrons. The first-order valence-electron chi connectivity index (χ1n) is 5.95. The van der Waals surface area contributed by atoms with Crippen LogP contribution in [0.15, 0.2) is 0 Å². The van der Waals surface area contributed by atoms with Crippen molar-refractivity contribution in [3.8, 4) is 0 Å². The SMILES string of the molecule is CCCC(C)CNC(C)CC1CC1. The third-order valence-electron chi connectivity index (χ3n) is 2.98. The molecule has 1 fully saturated rings. The molecule has 2 unspecified atom stereocenters. The molecule has 13 heavy (non-hydrogen) atoms. The summed E-state index contributed by atoms with van der Waals surface area (Å²) in [6.45, 7) is 8.16. The van der Waals surface area contributed by atoms with Gasteiger partial charge in [-0.05, 0) is 38.1 Å². The van der Waals surface area contributed by atoms with Crippen LogP contribution in [0, 0.1) is 11.8 Å². The van der Waals surface area contributed by atoms with Crippen molar-refractivity contribution in [1.82, 2.24) is 5.32 Å². The van der Waals surface area contributed by atoms with Crippen molar-refractivity contribution in [3.63, 3.8) is 0 Å². The molecule has 0 heterocycles. The van der Waals surface area contributed by atoms with Crippen molar-refractivity contribution < 1.29 is 0 Å². The van der Waals surface area contributed by atoms with Crippen molar-refractivity contribution in [2.75, 3.05) is 6.54 Å². The standard InChI is InChI=1S/C12H25N/c1-4-5-10(2)9-13-11(3)8-12-6-7-12/h10-13H,4-9H2,1-3H3. The van der Waals surface area contributed by atoms with Gasteiger partial charge in [-0.3, -0.25) is 0 Å². The molecule has 1 saturated carbocycles. The molecule has 0 aliphatic heterocycles. The molecule has 1 rings (SSSR count). The molecule has 0 aromatic heterocycles. The number of hydrogen-bond donors (Lipinski definition) is 1. The quantitative estimate of drug-likeness (QED) is 0.639. The fourth-order valence-corrected chi connectivity index (χ4v) is 1.93. The Kier molecular flexibility index (Phi) is 4.79. The van der Waals surface area contributed by atoms with Crippen molar-refractivity contribution in [3.05, 3.63) is 0 Å². The van der Waals surface area contributed by atoms with Crippen molar-refractivity contribution >= 4 is 0 Å². The lowest BCUT2D eigenvalue weighted by atomic mass is 10.1. The minimum absolute atomic E-state index is 0.742. The molecule has 1 nitrogen and oxygen atoms in total. The Morgan fingerprint density at radius 2 is 2.00 bits per heavy atom. The topological polar surface area (TPSA) is 12.0 Å². The first kappa shape index (κ1) is 11.0. The van der Waals surface area contributed by atoms with E-state index in [9.17, 15) is 0 Å². The zero-order chi connectivity index (χ0) is 9.68. The summed E-state index contributed by atoms with van der Waals surface area (Å²) in [5, 5.41) is 3.64. The van der Waals surface area contributed by atoms with Crippen LogP contribution in [0.2, 0.25) is 0 Å². The molecule has 1 aliphatic rings. The molecule has 0 spiro atoms. The lowest BCUT2D eigenvalue weighted by Gasteiger charge is -2.16. The second kappa shape index (κ2) is 5.64. The van der Waals surface area contributed by atoms with E-state index in [0.717, 1.165) is 17.9 Å². The molecule has 0 amide bonds. The van der Waals surface area contributed by atoms with Gasteiger partial charge in [0.2, 0.25) is 0 Å². The zero-order valence-electron chi connectivity index (χ0n) is 9.47. The molecule has 1 N–H and O–H groups in total. The van der Waals surface area contributed by atoms with E-state index in [1.54, 1.807) is 0 Å². The molecular formula is C12H25N. The van der Waals surface area contributed by atoms with Crippen LogP contribution in [0.4, 0.5) is 0 Å². The minimum atomic E-state index is 0.742. The second-order valence-electron chi connectivity index (χ2n) is 4.88. The number of nitrogens with one attached hydrogen (secondary N) is 1. The molecule has 1 aliphatic carbocycles. The molecule has 0 bridgehead atoms. The first-order chi connectivity index (χ1) is 6.22. The van der Waals surface area contributed by atoms with Gasteiger partial charge in [0.05, 0.1) is 0 Å². The van der Waals surface area contributed by atoms with E-state index in [0.29, 0.717) is 0 Å². The van der Waals surface area contributed by atoms with Crippen LogP contribution in [0.5, 0.6) is 0 Å². The monoisotopic (exact) mass is 183 g/mol. The van der Waals surface area contributed by atoms with E-state index in [-0.39, 0.29) is 0 Å². The summed E-state index contributed by atoms with van der Waals surface area (Å²) < 4.78 is 0. The maximum atomic E-state index is 3.64. The average molecular weight is 183 g/mol. The molecule has 0 saturated heterocycles. The van der Waals surface area contributed by atoms with Crippen LogP contribution in [0.3, 0.4) is 0 Å². The van der Waals surface area contributed by atoms with Crippen LogP contribution in [0.1, 0.15) is 52.9 Å². The van der Waals surface area contributed by atoms with E-state index in [4.69, 9.17) is 0 Å². The van der Waals surface area contributed by atoms with Gasteiger partial charge in [0.25, 0.3) is 0 Å². The largest absolute Gasteiger partial charge is 0.314 e. The van der Waals surface area contributed by atoms with Gasteiger partial charge < -0.3 is 5.32 Å². The van der Waals surface area contributed by atoms with Gasteiger partial charge in [0.15, 0.2) is 0 Å². The van der Waals surface area contributed by atoms with Gasteiger partial charge in [0, 0.05) is 6.04 Å². The van der Waals surface area contributed by atoms with Gasteiger partial charge in [-0.15, -0.1) is 0 Å². The van der Waals surface area contributed by atoms with Crippen molar-refractivity contribution in [1.29, 1.82) is 0 Å². The van der Waals surface area contributed by atoms with Gasteiger partial charge in [-0.2, -0.15) is 0 Å². The Morgan fingerprint density at radius 3 is 2.54 bits per heavy atom. The molecule has 0 aromatic carbocycles. The summed E-state index contributed by atoms with van der Waals surface area (Å²) in [5.74, 6) is 1.91. The van der Waals surface area contributed by atoms with Gasteiger partial charge in [-0.25, -0.2) is 0 Å². The van der Waals surface area contributed by atoms with Gasteiger partial charge in [-0.1, -0.05) is 33.1 Å². The minimum Gasteiger partial charge on any atom is -0.314 e. The van der Waals surface area contributed by atoms with E-state index >= 15 is 0 Å². The predicted molar refractivity (Wildman–Crippen MR) is 58.9 cm³/mol. The predicted octanol–water partition coefficient (Wildman–Crippen LogP) is 3.20. The van der Waals surface area contributed by atoms with E-state index in [1.807, 2.05) is 0 Å². The van der Waals surface area contributed by atoms with Crippen LogP contribution >= 0.6 is 0 Å². The fraction of sp³-hybridized carbons (Fsp3) is 1.00. The highest BCUT2D eigenvalue weighted by molar-refractivity contribution is 4.78. The van der Waals surface area contributed by atoms with Crippen LogP contribution < -0.4 is 5.32 Å². The highest BCUT2D eigenvalue weighted by Crippen LogP contribution is 2.33. The lowest BCUT2D eigenvalue weighted by molar-refractivity contribution is 0.415. The van der Waals surface area contributed by atoms with E-state index < -0.39 is 0 Å². The fourth-order valence-electron chi connectivity index (χ4n) is 1.93. The average Bonchev–Trinajstić information content (AvgIpc) is 2.85. The van der Waals surface area contributed by atoms with Crippen molar-refractivity contribution in [2.24, 2.45) is 11.8 Å². The van der Waals surface area contributed by atoms with Crippen LogP contribution in [-0.2, 0) is 0 Å². The summed E-state index contributed by atoms with van der Waals surface area (Å²) in [6, 6.07) is 0.742. The molecule has 0 aromatic rings. The van der Waals surface area contributed by atoms with Crippen LogP contribution in [-0.4, -0.2) is 12.6 Å². The molecule has 2 atom stereocenters. The zero-order valence-corrected chi connectivity index (χ0v) is 9.47. The summed E-state index contributed by atoms with van der Waals surface area (Å²) >= 11 is 0. The summed E-state index contributed by atoms with van der Waals surface area (Å²) in [4.78, 5) is 0. The summed E-state index contributed by atoms with van der Waals surface area (Å²) in [5.41, 5.74) is 0. The number of hydrogen-bond acceptors (Lipinski definition) is 1. The highest BCUT2D eigenvalue weighted by Gasteiger charge is 2.23.